The van der Waals surface area contributed by atoms with E-state index in [4.69, 9.17) is 5.73 Å². The molecule has 3 nitrogen and oxygen atoms in total. The van der Waals surface area contributed by atoms with Gasteiger partial charge in [-0.1, -0.05) is 56.3 Å². The van der Waals surface area contributed by atoms with Gasteiger partial charge in [0, 0.05) is 12.1 Å². The van der Waals surface area contributed by atoms with Crippen LogP contribution in [0.25, 0.3) is 0 Å². The third-order valence-electron chi connectivity index (χ3n) is 3.56. The summed E-state index contributed by atoms with van der Waals surface area (Å²) in [4.78, 5) is 12.4. The van der Waals surface area contributed by atoms with Gasteiger partial charge in [-0.25, -0.2) is 0 Å². The molecular weight excluding hydrogens is 260 g/mol. The molecule has 1 amide bonds. The second kappa shape index (κ2) is 7.04. The van der Waals surface area contributed by atoms with Crippen LogP contribution < -0.4 is 11.1 Å². The Balaban J connectivity index is 2.15. The van der Waals surface area contributed by atoms with Crippen LogP contribution in [0.5, 0.6) is 0 Å². The van der Waals surface area contributed by atoms with Crippen LogP contribution in [0.2, 0.25) is 0 Å². The Morgan fingerprint density at radius 2 is 1.67 bits per heavy atom. The average Bonchev–Trinajstić information content (AvgIpc) is 2.53. The molecule has 0 fully saturated rings. The monoisotopic (exact) mass is 282 g/mol. The number of nitrogens with two attached hydrogens (primary N) is 1. The van der Waals surface area contributed by atoms with Gasteiger partial charge >= 0.3 is 0 Å². The van der Waals surface area contributed by atoms with Crippen molar-refractivity contribution in [1.82, 2.24) is 5.32 Å². The maximum Gasteiger partial charge on any atom is 0.251 e. The fraction of sp³-hybridized carbons (Fsp3) is 0.278. The molecule has 0 radical (unpaired) electrons. The van der Waals surface area contributed by atoms with Crippen molar-refractivity contribution in [3.63, 3.8) is 0 Å². The lowest BCUT2D eigenvalue weighted by Crippen LogP contribution is -2.31. The van der Waals surface area contributed by atoms with Crippen molar-refractivity contribution in [1.29, 1.82) is 0 Å². The summed E-state index contributed by atoms with van der Waals surface area (Å²) in [6.07, 6.45) is 0. The highest BCUT2D eigenvalue weighted by molar-refractivity contribution is 5.94. The zero-order chi connectivity index (χ0) is 15.2. The molecule has 0 aromatic heterocycles. The number of nitrogens with one attached hydrogen (secondary N) is 1. The zero-order valence-electron chi connectivity index (χ0n) is 12.5. The van der Waals surface area contributed by atoms with Crippen LogP contribution in [-0.2, 0) is 6.54 Å². The lowest BCUT2D eigenvalue weighted by molar-refractivity contribution is 0.0925. The Morgan fingerprint density at radius 3 is 2.19 bits per heavy atom. The van der Waals surface area contributed by atoms with Crippen LogP contribution in [0.4, 0.5) is 0 Å². The molecule has 2 aromatic carbocycles. The van der Waals surface area contributed by atoms with E-state index in [1.165, 1.54) is 0 Å². The van der Waals surface area contributed by atoms with Crippen molar-refractivity contribution in [2.45, 2.75) is 26.4 Å². The molecule has 0 aliphatic heterocycles. The largest absolute Gasteiger partial charge is 0.345 e. The predicted octanol–water partition coefficient (Wildman–Crippen LogP) is 3.27. The van der Waals surface area contributed by atoms with Crippen LogP contribution in [0.15, 0.2) is 54.6 Å². The summed E-state index contributed by atoms with van der Waals surface area (Å²) in [5.74, 6) is 0.265. The SMILES string of the molecule is CC(C)C(NC(=O)c1ccc(CN)cc1)c1ccccc1. The van der Waals surface area contributed by atoms with E-state index in [0.29, 0.717) is 18.0 Å². The van der Waals surface area contributed by atoms with E-state index in [2.05, 4.69) is 19.2 Å². The maximum atomic E-state index is 12.4. The number of amides is 1. The molecule has 0 saturated carbocycles. The molecule has 1 unspecified atom stereocenters. The number of benzene rings is 2. The number of carbonyl (C=O) groups is 1. The number of hydrogen-bond donors (Lipinski definition) is 2. The third kappa shape index (κ3) is 3.92. The minimum atomic E-state index is -0.0545. The van der Waals surface area contributed by atoms with Gasteiger partial charge in [0.15, 0.2) is 0 Å². The molecule has 2 aromatic rings. The number of carbonyl (C=O) groups excluding carboxylic acids is 1. The van der Waals surface area contributed by atoms with Crippen molar-refractivity contribution in [3.05, 3.63) is 71.3 Å². The summed E-state index contributed by atoms with van der Waals surface area (Å²) in [7, 11) is 0. The van der Waals surface area contributed by atoms with Crippen molar-refractivity contribution >= 4 is 5.91 Å². The minimum Gasteiger partial charge on any atom is -0.345 e. The lowest BCUT2D eigenvalue weighted by Gasteiger charge is -2.23. The first-order valence-electron chi connectivity index (χ1n) is 7.26. The Bertz CT molecular complexity index is 576. The second-order valence-corrected chi connectivity index (χ2v) is 5.51. The fourth-order valence-corrected chi connectivity index (χ4v) is 2.31. The molecule has 21 heavy (non-hydrogen) atoms. The van der Waals surface area contributed by atoms with Crippen LogP contribution in [0, 0.1) is 5.92 Å². The van der Waals surface area contributed by atoms with Gasteiger partial charge in [0.25, 0.3) is 5.91 Å². The van der Waals surface area contributed by atoms with Gasteiger partial charge in [-0.15, -0.1) is 0 Å². The molecule has 0 aliphatic carbocycles. The minimum absolute atomic E-state index is 0.00730. The first-order valence-corrected chi connectivity index (χ1v) is 7.26. The van der Waals surface area contributed by atoms with Crippen molar-refractivity contribution in [2.24, 2.45) is 11.7 Å². The molecule has 3 N–H and O–H groups in total. The van der Waals surface area contributed by atoms with E-state index < -0.39 is 0 Å². The zero-order valence-corrected chi connectivity index (χ0v) is 12.5. The van der Waals surface area contributed by atoms with Gasteiger partial charge in [-0.3, -0.25) is 4.79 Å². The summed E-state index contributed by atoms with van der Waals surface area (Å²) < 4.78 is 0. The van der Waals surface area contributed by atoms with Gasteiger partial charge in [-0.2, -0.15) is 0 Å². The Labute approximate surface area is 126 Å². The first-order chi connectivity index (χ1) is 10.1. The quantitative estimate of drug-likeness (QED) is 0.884. The van der Waals surface area contributed by atoms with Gasteiger partial charge in [0.2, 0.25) is 0 Å². The normalized spacial score (nSPS) is 12.2. The Hall–Kier alpha value is -2.13. The summed E-state index contributed by atoms with van der Waals surface area (Å²) in [6, 6.07) is 17.5. The summed E-state index contributed by atoms with van der Waals surface area (Å²) in [6.45, 7) is 4.70. The maximum absolute atomic E-state index is 12.4. The second-order valence-electron chi connectivity index (χ2n) is 5.51. The molecule has 2 rings (SSSR count). The van der Waals surface area contributed by atoms with E-state index >= 15 is 0 Å². The molecule has 0 bridgehead atoms. The van der Waals surface area contributed by atoms with E-state index in [0.717, 1.165) is 11.1 Å². The average molecular weight is 282 g/mol. The molecule has 3 heteroatoms. The Morgan fingerprint density at radius 1 is 1.05 bits per heavy atom. The predicted molar refractivity (Wildman–Crippen MR) is 85.8 cm³/mol. The Kier molecular flexibility index (Phi) is 5.12. The molecular formula is C18H22N2O. The van der Waals surface area contributed by atoms with E-state index in [-0.39, 0.29) is 11.9 Å². The summed E-state index contributed by atoms with van der Waals surface area (Å²) in [5.41, 5.74) is 8.38. The van der Waals surface area contributed by atoms with Crippen molar-refractivity contribution in [3.8, 4) is 0 Å². The summed E-state index contributed by atoms with van der Waals surface area (Å²) in [5, 5.41) is 3.12. The molecule has 1 atom stereocenters. The fourth-order valence-electron chi connectivity index (χ4n) is 2.31. The first kappa shape index (κ1) is 15.3. The highest BCUT2D eigenvalue weighted by Gasteiger charge is 2.18. The smallest absolute Gasteiger partial charge is 0.251 e. The topological polar surface area (TPSA) is 55.1 Å². The number of hydrogen-bond acceptors (Lipinski definition) is 2. The standard InChI is InChI=1S/C18H22N2O/c1-13(2)17(15-6-4-3-5-7-15)20-18(21)16-10-8-14(12-19)9-11-16/h3-11,13,17H,12,19H2,1-2H3,(H,20,21). The van der Waals surface area contributed by atoms with Crippen molar-refractivity contribution in [2.75, 3.05) is 0 Å². The lowest BCUT2D eigenvalue weighted by atomic mass is 9.95. The van der Waals surface area contributed by atoms with E-state index in [1.54, 1.807) is 0 Å². The van der Waals surface area contributed by atoms with Gasteiger partial charge in [-0.05, 0) is 29.2 Å². The van der Waals surface area contributed by atoms with E-state index in [9.17, 15) is 4.79 Å². The van der Waals surface area contributed by atoms with Crippen LogP contribution in [-0.4, -0.2) is 5.91 Å². The van der Waals surface area contributed by atoms with Crippen molar-refractivity contribution < 1.29 is 4.79 Å². The van der Waals surface area contributed by atoms with Crippen LogP contribution >= 0.6 is 0 Å². The van der Waals surface area contributed by atoms with E-state index in [1.807, 2.05) is 54.6 Å². The summed E-state index contributed by atoms with van der Waals surface area (Å²) >= 11 is 0. The molecule has 110 valence electrons. The van der Waals surface area contributed by atoms with Crippen LogP contribution in [0.1, 0.15) is 41.4 Å². The third-order valence-corrected chi connectivity index (χ3v) is 3.56. The highest BCUT2D eigenvalue weighted by atomic mass is 16.1. The molecule has 0 aliphatic rings. The van der Waals surface area contributed by atoms with Gasteiger partial charge in [0.05, 0.1) is 6.04 Å². The molecule has 0 saturated heterocycles. The van der Waals surface area contributed by atoms with Gasteiger partial charge < -0.3 is 11.1 Å². The van der Waals surface area contributed by atoms with Crippen LogP contribution in [0.3, 0.4) is 0 Å². The molecule has 0 spiro atoms. The highest BCUT2D eigenvalue weighted by Crippen LogP contribution is 2.21. The van der Waals surface area contributed by atoms with Gasteiger partial charge in [0.1, 0.15) is 0 Å². The molecule has 0 heterocycles. The number of rotatable bonds is 5.